The minimum atomic E-state index is -0.438. The van der Waals surface area contributed by atoms with Crippen molar-refractivity contribution in [1.29, 1.82) is 0 Å². The van der Waals surface area contributed by atoms with Gasteiger partial charge in [-0.05, 0) is 18.2 Å². The Bertz CT molecular complexity index is 388. The van der Waals surface area contributed by atoms with Crippen LogP contribution in [0.1, 0.15) is 22.3 Å². The Morgan fingerprint density at radius 2 is 2.21 bits per heavy atom. The average molecular weight is 188 g/mol. The van der Waals surface area contributed by atoms with Crippen molar-refractivity contribution in [3.8, 4) is 11.8 Å². The maximum Gasteiger partial charge on any atom is 0.248 e. The maximum atomic E-state index is 10.8. The second kappa shape index (κ2) is 5.05. The van der Waals surface area contributed by atoms with Crippen molar-refractivity contribution in [2.45, 2.75) is 6.42 Å². The lowest BCUT2D eigenvalue weighted by atomic mass is 10.1. The van der Waals surface area contributed by atoms with Crippen LogP contribution < -0.4 is 11.5 Å². The lowest BCUT2D eigenvalue weighted by Gasteiger charge is -1.94. The number of carbonyl (C=O) groups excluding carboxylic acids is 1. The molecule has 0 fully saturated rings. The monoisotopic (exact) mass is 188 g/mol. The third-order valence-corrected chi connectivity index (χ3v) is 1.65. The smallest absolute Gasteiger partial charge is 0.248 e. The molecule has 3 nitrogen and oxygen atoms in total. The molecule has 14 heavy (non-hydrogen) atoms. The normalized spacial score (nSPS) is 8.93. The Hall–Kier alpha value is -1.79. The summed E-state index contributed by atoms with van der Waals surface area (Å²) in [6.07, 6.45) is 0.654. The summed E-state index contributed by atoms with van der Waals surface area (Å²) in [6.45, 7) is 0.544. The van der Waals surface area contributed by atoms with E-state index >= 15 is 0 Å². The van der Waals surface area contributed by atoms with Crippen molar-refractivity contribution in [2.75, 3.05) is 6.54 Å². The molecule has 4 N–H and O–H groups in total. The fraction of sp³-hybridized carbons (Fsp3) is 0.182. The Morgan fingerprint density at radius 3 is 2.86 bits per heavy atom. The molecule has 1 aromatic rings. The first kappa shape index (κ1) is 10.3. The summed E-state index contributed by atoms with van der Waals surface area (Å²) in [5, 5.41) is 0. The first-order valence-electron chi connectivity index (χ1n) is 4.33. The molecule has 1 amide bonds. The largest absolute Gasteiger partial charge is 0.366 e. The van der Waals surface area contributed by atoms with E-state index in [1.807, 2.05) is 6.07 Å². The predicted octanol–water partition coefficient (Wildman–Crippen LogP) is 0.486. The molecule has 72 valence electrons. The Balaban J connectivity index is 2.85. The molecule has 0 saturated heterocycles. The van der Waals surface area contributed by atoms with Crippen molar-refractivity contribution in [3.05, 3.63) is 35.4 Å². The molecule has 0 saturated carbocycles. The number of nitrogens with two attached hydrogens (primary N) is 2. The standard InChI is InChI=1S/C11H12N2O/c12-7-2-1-4-9-5-3-6-10(8-9)11(13)14/h3,5-6,8H,2,7,12H2,(H2,13,14). The van der Waals surface area contributed by atoms with Crippen LogP contribution in [0.2, 0.25) is 0 Å². The molecule has 0 bridgehead atoms. The summed E-state index contributed by atoms with van der Waals surface area (Å²) >= 11 is 0. The van der Waals surface area contributed by atoms with Gasteiger partial charge in [0.15, 0.2) is 0 Å². The van der Waals surface area contributed by atoms with Crippen molar-refractivity contribution < 1.29 is 4.79 Å². The van der Waals surface area contributed by atoms with Crippen molar-refractivity contribution >= 4 is 5.91 Å². The number of amides is 1. The predicted molar refractivity (Wildman–Crippen MR) is 55.5 cm³/mol. The lowest BCUT2D eigenvalue weighted by Crippen LogP contribution is -2.10. The summed E-state index contributed by atoms with van der Waals surface area (Å²) in [6, 6.07) is 6.92. The van der Waals surface area contributed by atoms with E-state index in [-0.39, 0.29) is 0 Å². The minimum Gasteiger partial charge on any atom is -0.366 e. The fourth-order valence-electron chi connectivity index (χ4n) is 0.987. The van der Waals surface area contributed by atoms with Crippen molar-refractivity contribution in [2.24, 2.45) is 11.5 Å². The first-order chi connectivity index (χ1) is 6.74. The zero-order valence-electron chi connectivity index (χ0n) is 7.79. The molecule has 1 rings (SSSR count). The van der Waals surface area contributed by atoms with Crippen LogP contribution in [0.25, 0.3) is 0 Å². The van der Waals surface area contributed by atoms with E-state index in [0.29, 0.717) is 18.5 Å². The quantitative estimate of drug-likeness (QED) is 0.663. The van der Waals surface area contributed by atoms with Gasteiger partial charge in [-0.3, -0.25) is 4.79 Å². The van der Waals surface area contributed by atoms with E-state index in [9.17, 15) is 4.79 Å². The van der Waals surface area contributed by atoms with Gasteiger partial charge in [0.05, 0.1) is 0 Å². The van der Waals surface area contributed by atoms with Gasteiger partial charge in [-0.25, -0.2) is 0 Å². The zero-order chi connectivity index (χ0) is 10.4. The molecular formula is C11H12N2O. The van der Waals surface area contributed by atoms with Gasteiger partial charge in [0.2, 0.25) is 5.91 Å². The van der Waals surface area contributed by atoms with E-state index in [2.05, 4.69) is 11.8 Å². The molecule has 3 heteroatoms. The van der Waals surface area contributed by atoms with Crippen LogP contribution in [0.15, 0.2) is 24.3 Å². The highest BCUT2D eigenvalue weighted by molar-refractivity contribution is 5.93. The number of carbonyl (C=O) groups is 1. The van der Waals surface area contributed by atoms with Gasteiger partial charge in [-0.2, -0.15) is 0 Å². The molecule has 0 atom stereocenters. The third-order valence-electron chi connectivity index (χ3n) is 1.65. The summed E-state index contributed by atoms with van der Waals surface area (Å²) in [7, 11) is 0. The number of hydrogen-bond acceptors (Lipinski definition) is 2. The molecular weight excluding hydrogens is 176 g/mol. The molecule has 0 spiro atoms. The first-order valence-corrected chi connectivity index (χ1v) is 4.33. The number of hydrogen-bond donors (Lipinski definition) is 2. The van der Waals surface area contributed by atoms with Crippen LogP contribution in [-0.2, 0) is 0 Å². The van der Waals surface area contributed by atoms with Gasteiger partial charge >= 0.3 is 0 Å². The maximum absolute atomic E-state index is 10.8. The minimum absolute atomic E-state index is 0.438. The highest BCUT2D eigenvalue weighted by atomic mass is 16.1. The summed E-state index contributed by atoms with van der Waals surface area (Å²) in [4.78, 5) is 10.8. The van der Waals surface area contributed by atoms with E-state index in [1.54, 1.807) is 18.2 Å². The van der Waals surface area contributed by atoms with Gasteiger partial charge in [0.25, 0.3) is 0 Å². The molecule has 0 aliphatic heterocycles. The fourth-order valence-corrected chi connectivity index (χ4v) is 0.987. The van der Waals surface area contributed by atoms with Gasteiger partial charge in [-0.15, -0.1) is 0 Å². The molecule has 0 aliphatic rings. The van der Waals surface area contributed by atoms with Crippen LogP contribution in [-0.4, -0.2) is 12.5 Å². The number of primary amides is 1. The van der Waals surface area contributed by atoms with Crippen LogP contribution in [0.4, 0.5) is 0 Å². The van der Waals surface area contributed by atoms with Gasteiger partial charge in [0.1, 0.15) is 0 Å². The van der Waals surface area contributed by atoms with Crippen molar-refractivity contribution in [1.82, 2.24) is 0 Å². The Kier molecular flexibility index (Phi) is 3.71. The third kappa shape index (κ3) is 2.92. The van der Waals surface area contributed by atoms with Crippen LogP contribution >= 0.6 is 0 Å². The lowest BCUT2D eigenvalue weighted by molar-refractivity contribution is 0.100. The van der Waals surface area contributed by atoms with Crippen LogP contribution in [0.5, 0.6) is 0 Å². The number of benzene rings is 1. The van der Waals surface area contributed by atoms with Crippen LogP contribution in [0.3, 0.4) is 0 Å². The molecule has 0 aromatic heterocycles. The summed E-state index contributed by atoms with van der Waals surface area (Å²) < 4.78 is 0. The Morgan fingerprint density at radius 1 is 1.43 bits per heavy atom. The second-order valence-corrected chi connectivity index (χ2v) is 2.79. The molecule has 0 aliphatic carbocycles. The zero-order valence-corrected chi connectivity index (χ0v) is 7.79. The summed E-state index contributed by atoms with van der Waals surface area (Å²) in [5.74, 6) is 5.36. The van der Waals surface area contributed by atoms with Gasteiger partial charge in [0, 0.05) is 24.1 Å². The van der Waals surface area contributed by atoms with Gasteiger partial charge < -0.3 is 11.5 Å². The molecule has 0 radical (unpaired) electrons. The van der Waals surface area contributed by atoms with E-state index in [1.165, 1.54) is 0 Å². The molecule has 1 aromatic carbocycles. The summed E-state index contributed by atoms with van der Waals surface area (Å²) in [5.41, 5.74) is 11.7. The highest BCUT2D eigenvalue weighted by Gasteiger charge is 1.98. The molecule has 0 unspecified atom stereocenters. The second-order valence-electron chi connectivity index (χ2n) is 2.79. The SMILES string of the molecule is NCCC#Cc1cccc(C(N)=O)c1. The topological polar surface area (TPSA) is 69.1 Å². The molecule has 0 heterocycles. The number of rotatable bonds is 2. The van der Waals surface area contributed by atoms with E-state index < -0.39 is 5.91 Å². The average Bonchev–Trinajstić information content (AvgIpc) is 2.19. The van der Waals surface area contributed by atoms with E-state index in [4.69, 9.17) is 11.5 Å². The van der Waals surface area contributed by atoms with Crippen molar-refractivity contribution in [3.63, 3.8) is 0 Å². The van der Waals surface area contributed by atoms with E-state index in [0.717, 1.165) is 5.56 Å². The highest BCUT2D eigenvalue weighted by Crippen LogP contribution is 2.02. The van der Waals surface area contributed by atoms with Crippen LogP contribution in [0, 0.1) is 11.8 Å². The van der Waals surface area contributed by atoms with Gasteiger partial charge in [-0.1, -0.05) is 17.9 Å². The Labute approximate surface area is 83.1 Å².